The Kier molecular flexibility index (Phi) is 3.53. The summed E-state index contributed by atoms with van der Waals surface area (Å²) in [5, 5.41) is 13.1. The van der Waals surface area contributed by atoms with Crippen LogP contribution in [-0.2, 0) is 0 Å². The van der Waals surface area contributed by atoms with Crippen molar-refractivity contribution in [3.63, 3.8) is 0 Å². The molecule has 2 nitrogen and oxygen atoms in total. The highest BCUT2D eigenvalue weighted by Gasteiger charge is 2.07. The van der Waals surface area contributed by atoms with E-state index in [0.717, 1.165) is 0 Å². The van der Waals surface area contributed by atoms with Crippen molar-refractivity contribution < 1.29 is 0 Å². The summed E-state index contributed by atoms with van der Waals surface area (Å²) in [6.45, 7) is 0. The Labute approximate surface area is 109 Å². The molecule has 0 spiro atoms. The van der Waals surface area contributed by atoms with Gasteiger partial charge < -0.3 is 5.32 Å². The number of nitrogens with zero attached hydrogens (tertiary/aromatic N) is 1. The zero-order chi connectivity index (χ0) is 12.3. The molecule has 0 amide bonds. The molecule has 0 aliphatic carbocycles. The molecule has 2 aromatic carbocycles. The molecule has 0 fully saturated rings. The van der Waals surface area contributed by atoms with E-state index in [1.54, 1.807) is 36.4 Å². The van der Waals surface area contributed by atoms with Gasteiger partial charge in [-0.2, -0.15) is 5.26 Å². The molecular weight excluding hydrogens is 255 g/mol. The van der Waals surface area contributed by atoms with E-state index in [4.69, 9.17) is 28.5 Å². The lowest BCUT2D eigenvalue weighted by atomic mass is 10.2. The van der Waals surface area contributed by atoms with Gasteiger partial charge in [-0.1, -0.05) is 41.4 Å². The van der Waals surface area contributed by atoms with Crippen LogP contribution in [0.25, 0.3) is 0 Å². The molecule has 2 rings (SSSR count). The number of benzene rings is 2. The standard InChI is InChI=1S/C13H8Cl2N2/c14-10-5-3-6-11(15)13(10)17-12-7-2-1-4-9(12)8-16/h1-7,17H. The maximum absolute atomic E-state index is 8.98. The molecule has 1 N–H and O–H groups in total. The highest BCUT2D eigenvalue weighted by Crippen LogP contribution is 2.33. The Bertz CT molecular complexity index is 568. The zero-order valence-electron chi connectivity index (χ0n) is 8.74. The van der Waals surface area contributed by atoms with Gasteiger partial charge in [-0.15, -0.1) is 0 Å². The fourth-order valence-electron chi connectivity index (χ4n) is 1.44. The summed E-state index contributed by atoms with van der Waals surface area (Å²) < 4.78 is 0. The molecule has 0 saturated carbocycles. The number of rotatable bonds is 2. The van der Waals surface area contributed by atoms with Crippen LogP contribution < -0.4 is 5.32 Å². The summed E-state index contributed by atoms with van der Waals surface area (Å²) >= 11 is 12.1. The maximum Gasteiger partial charge on any atom is 0.101 e. The van der Waals surface area contributed by atoms with Crippen LogP contribution >= 0.6 is 23.2 Å². The number of halogens is 2. The van der Waals surface area contributed by atoms with Crippen molar-refractivity contribution in [1.29, 1.82) is 5.26 Å². The molecule has 0 saturated heterocycles. The van der Waals surface area contributed by atoms with Gasteiger partial charge in [0.05, 0.1) is 27.0 Å². The average Bonchev–Trinajstić information content (AvgIpc) is 2.34. The first-order valence-electron chi connectivity index (χ1n) is 4.92. The van der Waals surface area contributed by atoms with E-state index in [0.29, 0.717) is 27.0 Å². The van der Waals surface area contributed by atoms with Crippen molar-refractivity contribution in [2.75, 3.05) is 5.32 Å². The van der Waals surface area contributed by atoms with Gasteiger partial charge in [0.1, 0.15) is 6.07 Å². The minimum absolute atomic E-state index is 0.519. The molecule has 0 heterocycles. The first-order chi connectivity index (χ1) is 8.22. The second-order valence-electron chi connectivity index (χ2n) is 3.38. The van der Waals surface area contributed by atoms with Crippen molar-refractivity contribution in [3.8, 4) is 6.07 Å². The molecule has 0 atom stereocenters. The van der Waals surface area contributed by atoms with Crippen LogP contribution in [0.4, 0.5) is 11.4 Å². The van der Waals surface area contributed by atoms with Crippen molar-refractivity contribution in [2.24, 2.45) is 0 Å². The molecular formula is C13H8Cl2N2. The van der Waals surface area contributed by atoms with Crippen LogP contribution in [0.1, 0.15) is 5.56 Å². The Balaban J connectivity index is 2.42. The summed E-state index contributed by atoms with van der Waals surface area (Å²) in [5.41, 5.74) is 1.84. The maximum atomic E-state index is 8.98. The molecule has 0 bridgehead atoms. The summed E-state index contributed by atoms with van der Waals surface area (Å²) in [6, 6.07) is 14.5. The SMILES string of the molecule is N#Cc1ccccc1Nc1c(Cl)cccc1Cl. The van der Waals surface area contributed by atoms with E-state index in [2.05, 4.69) is 11.4 Å². The Hall–Kier alpha value is -1.69. The Morgan fingerprint density at radius 1 is 0.941 bits per heavy atom. The highest BCUT2D eigenvalue weighted by atomic mass is 35.5. The fraction of sp³-hybridized carbons (Fsp3) is 0. The van der Waals surface area contributed by atoms with Gasteiger partial charge in [-0.05, 0) is 24.3 Å². The number of para-hydroxylation sites is 2. The number of hydrogen-bond acceptors (Lipinski definition) is 2. The van der Waals surface area contributed by atoms with E-state index in [9.17, 15) is 0 Å². The number of nitriles is 1. The van der Waals surface area contributed by atoms with Gasteiger partial charge in [0.2, 0.25) is 0 Å². The molecule has 0 aliphatic heterocycles. The summed E-state index contributed by atoms with van der Waals surface area (Å²) in [6.07, 6.45) is 0. The van der Waals surface area contributed by atoms with Crippen LogP contribution in [0.5, 0.6) is 0 Å². The van der Waals surface area contributed by atoms with Gasteiger partial charge in [-0.25, -0.2) is 0 Å². The molecule has 0 unspecified atom stereocenters. The largest absolute Gasteiger partial charge is 0.352 e. The van der Waals surface area contributed by atoms with Crippen LogP contribution in [0, 0.1) is 11.3 Å². The van der Waals surface area contributed by atoms with E-state index < -0.39 is 0 Å². The highest BCUT2D eigenvalue weighted by molar-refractivity contribution is 6.39. The quantitative estimate of drug-likeness (QED) is 0.858. The van der Waals surface area contributed by atoms with Crippen molar-refractivity contribution in [1.82, 2.24) is 0 Å². The molecule has 0 radical (unpaired) electrons. The Morgan fingerprint density at radius 3 is 2.24 bits per heavy atom. The van der Waals surface area contributed by atoms with E-state index in [-0.39, 0.29) is 0 Å². The lowest BCUT2D eigenvalue weighted by molar-refractivity contribution is 1.46. The predicted molar refractivity (Wildman–Crippen MR) is 70.9 cm³/mol. The normalized spacial score (nSPS) is 9.71. The van der Waals surface area contributed by atoms with Gasteiger partial charge in [0.15, 0.2) is 0 Å². The summed E-state index contributed by atoms with van der Waals surface area (Å²) in [5.74, 6) is 0. The third-order valence-corrected chi connectivity index (χ3v) is 2.90. The van der Waals surface area contributed by atoms with E-state index >= 15 is 0 Å². The van der Waals surface area contributed by atoms with Crippen LogP contribution in [-0.4, -0.2) is 0 Å². The van der Waals surface area contributed by atoms with Gasteiger partial charge in [0, 0.05) is 0 Å². The van der Waals surface area contributed by atoms with Gasteiger partial charge in [-0.3, -0.25) is 0 Å². The molecule has 17 heavy (non-hydrogen) atoms. The first-order valence-corrected chi connectivity index (χ1v) is 5.68. The molecule has 0 aliphatic rings. The van der Waals surface area contributed by atoms with Crippen LogP contribution in [0.15, 0.2) is 42.5 Å². The van der Waals surface area contributed by atoms with E-state index in [1.165, 1.54) is 0 Å². The third-order valence-electron chi connectivity index (χ3n) is 2.27. The van der Waals surface area contributed by atoms with Crippen molar-refractivity contribution in [3.05, 3.63) is 58.1 Å². The van der Waals surface area contributed by atoms with Gasteiger partial charge in [0.25, 0.3) is 0 Å². The average molecular weight is 263 g/mol. The third kappa shape index (κ3) is 2.52. The summed E-state index contributed by atoms with van der Waals surface area (Å²) in [7, 11) is 0. The second-order valence-corrected chi connectivity index (χ2v) is 4.19. The van der Waals surface area contributed by atoms with Crippen LogP contribution in [0.2, 0.25) is 10.0 Å². The number of anilines is 2. The summed E-state index contributed by atoms with van der Waals surface area (Å²) in [4.78, 5) is 0. The fourth-order valence-corrected chi connectivity index (χ4v) is 1.93. The van der Waals surface area contributed by atoms with E-state index in [1.807, 2.05) is 6.07 Å². The molecule has 4 heteroatoms. The molecule has 2 aromatic rings. The van der Waals surface area contributed by atoms with Crippen molar-refractivity contribution >= 4 is 34.6 Å². The number of nitrogens with one attached hydrogen (secondary N) is 1. The zero-order valence-corrected chi connectivity index (χ0v) is 10.3. The predicted octanol–water partition coefficient (Wildman–Crippen LogP) is 4.61. The smallest absolute Gasteiger partial charge is 0.101 e. The van der Waals surface area contributed by atoms with Gasteiger partial charge >= 0.3 is 0 Å². The van der Waals surface area contributed by atoms with Crippen LogP contribution in [0.3, 0.4) is 0 Å². The minimum atomic E-state index is 0.519. The Morgan fingerprint density at radius 2 is 1.59 bits per heavy atom. The second kappa shape index (κ2) is 5.09. The molecule has 0 aromatic heterocycles. The lowest BCUT2D eigenvalue weighted by Gasteiger charge is -2.11. The van der Waals surface area contributed by atoms with Crippen molar-refractivity contribution in [2.45, 2.75) is 0 Å². The topological polar surface area (TPSA) is 35.8 Å². The lowest BCUT2D eigenvalue weighted by Crippen LogP contribution is -1.94. The monoisotopic (exact) mass is 262 g/mol. The molecule has 84 valence electrons. The number of hydrogen-bond donors (Lipinski definition) is 1. The first kappa shape index (κ1) is 11.8. The minimum Gasteiger partial charge on any atom is -0.352 e.